The van der Waals surface area contributed by atoms with Crippen LogP contribution in [0.3, 0.4) is 0 Å². The van der Waals surface area contributed by atoms with Crippen LogP contribution in [-0.4, -0.2) is 22.2 Å². The van der Waals surface area contributed by atoms with Gasteiger partial charge in [-0.2, -0.15) is 0 Å². The predicted octanol–water partition coefficient (Wildman–Crippen LogP) is 1.07. The van der Waals surface area contributed by atoms with Crippen LogP contribution in [-0.2, 0) is 11.3 Å². The van der Waals surface area contributed by atoms with Gasteiger partial charge >= 0.3 is 4.87 Å². The maximum atomic E-state index is 12.0. The zero-order valence-electron chi connectivity index (χ0n) is 11.1. The summed E-state index contributed by atoms with van der Waals surface area (Å²) in [5.74, 6) is -0.295. The number of thiazole rings is 1. The van der Waals surface area contributed by atoms with Crippen LogP contribution >= 0.6 is 11.3 Å². The summed E-state index contributed by atoms with van der Waals surface area (Å²) in [5, 5.41) is 13.8. The fourth-order valence-electron chi connectivity index (χ4n) is 1.90. The number of carbonyl (C=O) groups is 1. The Labute approximate surface area is 120 Å². The van der Waals surface area contributed by atoms with Gasteiger partial charge in [-0.15, -0.1) is 0 Å². The van der Waals surface area contributed by atoms with Gasteiger partial charge in [0.05, 0.1) is 12.6 Å². The molecule has 2 aromatic rings. The Hall–Kier alpha value is -1.92. The highest BCUT2D eigenvalue weighted by atomic mass is 32.1. The lowest BCUT2D eigenvalue weighted by atomic mass is 10.1. The van der Waals surface area contributed by atoms with Crippen molar-refractivity contribution in [3.05, 3.63) is 56.6 Å². The number of carbonyl (C=O) groups excluding carboxylic acids is 1. The maximum Gasteiger partial charge on any atom is 0.307 e. The Morgan fingerprint density at radius 3 is 2.65 bits per heavy atom. The van der Waals surface area contributed by atoms with Crippen molar-refractivity contribution in [3.8, 4) is 0 Å². The molecule has 106 valence electrons. The zero-order chi connectivity index (χ0) is 14.5. The number of aliphatic hydroxyl groups is 1. The van der Waals surface area contributed by atoms with E-state index in [-0.39, 0.29) is 23.9 Å². The van der Waals surface area contributed by atoms with Crippen LogP contribution in [0.5, 0.6) is 0 Å². The number of aromatic nitrogens is 1. The molecule has 0 aliphatic carbocycles. The third-order valence-electron chi connectivity index (χ3n) is 3.00. The monoisotopic (exact) mass is 292 g/mol. The predicted molar refractivity (Wildman–Crippen MR) is 77.7 cm³/mol. The number of aryl methyl sites for hydroxylation is 1. The van der Waals surface area contributed by atoms with E-state index in [4.69, 9.17) is 0 Å². The highest BCUT2D eigenvalue weighted by Crippen LogP contribution is 2.11. The molecule has 0 fully saturated rings. The van der Waals surface area contributed by atoms with E-state index in [0.29, 0.717) is 0 Å². The Balaban J connectivity index is 2.05. The van der Waals surface area contributed by atoms with Gasteiger partial charge in [-0.3, -0.25) is 14.2 Å². The van der Waals surface area contributed by atoms with Crippen molar-refractivity contribution in [2.24, 2.45) is 0 Å². The van der Waals surface area contributed by atoms with E-state index in [1.807, 2.05) is 30.3 Å². The molecule has 1 aromatic carbocycles. The Kier molecular flexibility index (Phi) is 4.70. The van der Waals surface area contributed by atoms with Gasteiger partial charge in [0.15, 0.2) is 0 Å². The molecule has 1 atom stereocenters. The first kappa shape index (κ1) is 14.5. The number of hydrogen-bond acceptors (Lipinski definition) is 4. The normalized spacial score (nSPS) is 12.1. The number of hydrogen-bond donors (Lipinski definition) is 2. The number of rotatable bonds is 5. The zero-order valence-corrected chi connectivity index (χ0v) is 11.9. The van der Waals surface area contributed by atoms with Crippen LogP contribution < -0.4 is 10.2 Å². The van der Waals surface area contributed by atoms with Crippen LogP contribution in [0.1, 0.15) is 17.3 Å². The molecule has 0 saturated heterocycles. The van der Waals surface area contributed by atoms with Gasteiger partial charge in [0.1, 0.15) is 6.54 Å². The molecule has 5 nitrogen and oxygen atoms in total. The Bertz CT molecular complexity index is 633. The first-order valence-corrected chi connectivity index (χ1v) is 7.10. The average molecular weight is 292 g/mol. The summed E-state index contributed by atoms with van der Waals surface area (Å²) in [6, 6.07) is 8.77. The second kappa shape index (κ2) is 6.49. The molecule has 0 saturated carbocycles. The molecular weight excluding hydrogens is 276 g/mol. The standard InChI is InChI=1S/C14H16N2O3S/c1-10-9-20-14(19)16(10)7-13(18)15-12(8-17)11-5-3-2-4-6-11/h2-6,9,12,17H,7-8H2,1H3,(H,15,18)/t12-/m0/s1. The molecule has 2 N–H and O–H groups in total. The van der Waals surface area contributed by atoms with Gasteiger partial charge in [-0.05, 0) is 12.5 Å². The van der Waals surface area contributed by atoms with E-state index in [0.717, 1.165) is 22.6 Å². The van der Waals surface area contributed by atoms with Crippen LogP contribution in [0.15, 0.2) is 40.5 Å². The van der Waals surface area contributed by atoms with E-state index in [2.05, 4.69) is 5.32 Å². The quantitative estimate of drug-likeness (QED) is 0.866. The summed E-state index contributed by atoms with van der Waals surface area (Å²) >= 11 is 1.07. The molecule has 1 amide bonds. The van der Waals surface area contributed by atoms with Gasteiger partial charge in [-0.25, -0.2) is 0 Å². The van der Waals surface area contributed by atoms with Crippen molar-refractivity contribution in [1.29, 1.82) is 0 Å². The van der Waals surface area contributed by atoms with Crippen LogP contribution in [0.2, 0.25) is 0 Å². The molecule has 6 heteroatoms. The van der Waals surface area contributed by atoms with Crippen molar-refractivity contribution in [2.75, 3.05) is 6.61 Å². The van der Waals surface area contributed by atoms with Crippen LogP contribution in [0, 0.1) is 6.92 Å². The summed E-state index contributed by atoms with van der Waals surface area (Å²) < 4.78 is 1.42. The SMILES string of the molecule is Cc1csc(=O)n1CC(=O)N[C@@H](CO)c1ccccc1. The van der Waals surface area contributed by atoms with Crippen LogP contribution in [0.25, 0.3) is 0 Å². The summed E-state index contributed by atoms with van der Waals surface area (Å²) in [6.45, 7) is 1.57. The minimum absolute atomic E-state index is 0.0303. The number of benzene rings is 1. The lowest BCUT2D eigenvalue weighted by Gasteiger charge is -2.17. The number of aliphatic hydroxyl groups excluding tert-OH is 1. The molecule has 0 radical (unpaired) electrons. The third kappa shape index (κ3) is 3.34. The van der Waals surface area contributed by atoms with E-state index >= 15 is 0 Å². The second-order valence-electron chi connectivity index (χ2n) is 4.44. The summed E-state index contributed by atoms with van der Waals surface area (Å²) in [7, 11) is 0. The van der Waals surface area contributed by atoms with Crippen molar-refractivity contribution in [2.45, 2.75) is 19.5 Å². The molecule has 1 heterocycles. The third-order valence-corrected chi connectivity index (χ3v) is 3.88. The van der Waals surface area contributed by atoms with E-state index < -0.39 is 6.04 Å². The summed E-state index contributed by atoms with van der Waals surface area (Å²) in [4.78, 5) is 23.4. The highest BCUT2D eigenvalue weighted by molar-refractivity contribution is 7.07. The second-order valence-corrected chi connectivity index (χ2v) is 5.26. The van der Waals surface area contributed by atoms with Gasteiger partial charge < -0.3 is 10.4 Å². The minimum Gasteiger partial charge on any atom is -0.394 e. The molecule has 0 bridgehead atoms. The molecule has 0 aliphatic heterocycles. The van der Waals surface area contributed by atoms with Gasteiger partial charge in [-0.1, -0.05) is 41.7 Å². The van der Waals surface area contributed by atoms with Gasteiger partial charge in [0.25, 0.3) is 0 Å². The Morgan fingerprint density at radius 2 is 2.10 bits per heavy atom. The fourth-order valence-corrected chi connectivity index (χ4v) is 2.63. The molecule has 0 spiro atoms. The van der Waals surface area contributed by atoms with Gasteiger partial charge in [0, 0.05) is 11.1 Å². The maximum absolute atomic E-state index is 12.0. The Morgan fingerprint density at radius 1 is 1.40 bits per heavy atom. The smallest absolute Gasteiger partial charge is 0.307 e. The van der Waals surface area contributed by atoms with Crippen molar-refractivity contribution >= 4 is 17.2 Å². The van der Waals surface area contributed by atoms with E-state index in [1.54, 1.807) is 12.3 Å². The topological polar surface area (TPSA) is 71.3 Å². The lowest BCUT2D eigenvalue weighted by Crippen LogP contribution is -2.35. The molecule has 1 aromatic heterocycles. The molecular formula is C14H16N2O3S. The number of nitrogens with zero attached hydrogens (tertiary/aromatic N) is 1. The number of amides is 1. The first-order chi connectivity index (χ1) is 9.61. The van der Waals surface area contributed by atoms with Gasteiger partial charge in [0.2, 0.25) is 5.91 Å². The molecule has 20 heavy (non-hydrogen) atoms. The lowest BCUT2D eigenvalue weighted by molar-refractivity contribution is -0.122. The van der Waals surface area contributed by atoms with E-state index in [9.17, 15) is 14.7 Å². The van der Waals surface area contributed by atoms with Crippen molar-refractivity contribution in [1.82, 2.24) is 9.88 Å². The first-order valence-electron chi connectivity index (χ1n) is 6.22. The fraction of sp³-hybridized carbons (Fsp3) is 0.286. The largest absolute Gasteiger partial charge is 0.394 e. The molecule has 0 aliphatic rings. The number of nitrogens with one attached hydrogen (secondary N) is 1. The highest BCUT2D eigenvalue weighted by Gasteiger charge is 2.15. The van der Waals surface area contributed by atoms with Crippen molar-refractivity contribution in [3.63, 3.8) is 0 Å². The molecule has 0 unspecified atom stereocenters. The van der Waals surface area contributed by atoms with Crippen LogP contribution in [0.4, 0.5) is 0 Å². The van der Waals surface area contributed by atoms with Crippen molar-refractivity contribution < 1.29 is 9.90 Å². The summed E-state index contributed by atoms with van der Waals surface area (Å²) in [6.07, 6.45) is 0. The minimum atomic E-state index is -0.460. The molecule has 2 rings (SSSR count). The van der Waals surface area contributed by atoms with E-state index in [1.165, 1.54) is 4.57 Å². The summed E-state index contributed by atoms with van der Waals surface area (Å²) in [5.41, 5.74) is 1.59. The average Bonchev–Trinajstić information content (AvgIpc) is 2.77.